The number of aliphatic imine (C=N–C) groups is 1. The minimum atomic E-state index is -0.761. The summed E-state index contributed by atoms with van der Waals surface area (Å²) in [6.07, 6.45) is 0.0709. The third kappa shape index (κ3) is 2.73. The molecule has 1 aliphatic rings. The molecule has 106 valence electrons. The molecule has 8 heteroatoms. The third-order valence-electron chi connectivity index (χ3n) is 2.84. The standard InChI is InChI=1S/C12H13N3O5/c1-12(2)7-20-10(13-12)6-8-4-3-5-9(14(16)17)11(8)15(18)19/h3-5H,6-7H2,1-2H3. The maximum absolute atomic E-state index is 11.1. The van der Waals surface area contributed by atoms with Crippen LogP contribution in [0.5, 0.6) is 0 Å². The lowest BCUT2D eigenvalue weighted by atomic mass is 10.1. The lowest BCUT2D eigenvalue weighted by Crippen LogP contribution is -2.17. The Labute approximate surface area is 114 Å². The van der Waals surface area contributed by atoms with Crippen LogP contribution >= 0.6 is 0 Å². The van der Waals surface area contributed by atoms with Crippen molar-refractivity contribution in [2.75, 3.05) is 6.61 Å². The first-order valence-electron chi connectivity index (χ1n) is 5.92. The van der Waals surface area contributed by atoms with E-state index in [4.69, 9.17) is 4.74 Å². The Hall–Kier alpha value is -2.51. The molecule has 0 aromatic heterocycles. The highest BCUT2D eigenvalue weighted by Crippen LogP contribution is 2.31. The Balaban J connectivity index is 2.40. The molecule has 20 heavy (non-hydrogen) atoms. The number of nitro groups is 2. The van der Waals surface area contributed by atoms with Crippen molar-refractivity contribution in [1.29, 1.82) is 0 Å². The van der Waals surface area contributed by atoms with E-state index in [9.17, 15) is 20.2 Å². The van der Waals surface area contributed by atoms with E-state index in [1.165, 1.54) is 12.1 Å². The number of hydrogen-bond acceptors (Lipinski definition) is 6. The second-order valence-corrected chi connectivity index (χ2v) is 5.08. The van der Waals surface area contributed by atoms with E-state index < -0.39 is 21.2 Å². The summed E-state index contributed by atoms with van der Waals surface area (Å²) in [5.74, 6) is 0.360. The molecule has 0 spiro atoms. The molecular formula is C12H13N3O5. The van der Waals surface area contributed by atoms with Gasteiger partial charge in [0.2, 0.25) is 0 Å². The molecule has 8 nitrogen and oxygen atoms in total. The molecule has 0 aliphatic carbocycles. The molecule has 0 bridgehead atoms. The van der Waals surface area contributed by atoms with E-state index in [-0.39, 0.29) is 17.5 Å². The van der Waals surface area contributed by atoms with E-state index in [2.05, 4.69) is 4.99 Å². The van der Waals surface area contributed by atoms with E-state index in [0.29, 0.717) is 12.5 Å². The van der Waals surface area contributed by atoms with Crippen molar-refractivity contribution >= 4 is 17.3 Å². The van der Waals surface area contributed by atoms with Gasteiger partial charge in [0.25, 0.3) is 0 Å². The number of nitro benzene ring substituents is 2. The Morgan fingerprint density at radius 1 is 1.30 bits per heavy atom. The normalized spacial score (nSPS) is 16.4. The molecule has 0 atom stereocenters. The molecule has 0 fully saturated rings. The number of ether oxygens (including phenoxy) is 1. The summed E-state index contributed by atoms with van der Waals surface area (Å²) in [6.45, 7) is 4.15. The average molecular weight is 279 g/mol. The molecular weight excluding hydrogens is 266 g/mol. The number of para-hydroxylation sites is 1. The molecule has 0 radical (unpaired) electrons. The van der Waals surface area contributed by atoms with Gasteiger partial charge in [0.15, 0.2) is 5.90 Å². The number of nitrogens with zero attached hydrogens (tertiary/aromatic N) is 3. The predicted octanol–water partition coefficient (Wildman–Crippen LogP) is 2.25. The molecule has 1 aromatic rings. The van der Waals surface area contributed by atoms with Crippen molar-refractivity contribution in [3.8, 4) is 0 Å². The smallest absolute Gasteiger partial charge is 0.349 e. The number of hydrogen-bond donors (Lipinski definition) is 0. The predicted molar refractivity (Wildman–Crippen MR) is 70.9 cm³/mol. The average Bonchev–Trinajstić information content (AvgIpc) is 2.68. The van der Waals surface area contributed by atoms with Crippen LogP contribution in [-0.2, 0) is 11.2 Å². The molecule has 0 N–H and O–H groups in total. The lowest BCUT2D eigenvalue weighted by Gasteiger charge is -2.07. The van der Waals surface area contributed by atoms with Crippen LogP contribution in [0.2, 0.25) is 0 Å². The van der Waals surface area contributed by atoms with Crippen molar-refractivity contribution in [3.63, 3.8) is 0 Å². The van der Waals surface area contributed by atoms with Crippen molar-refractivity contribution in [3.05, 3.63) is 44.0 Å². The molecule has 0 amide bonds. The fraction of sp³-hybridized carbons (Fsp3) is 0.417. The summed E-state index contributed by atoms with van der Waals surface area (Å²) in [7, 11) is 0. The van der Waals surface area contributed by atoms with Crippen molar-refractivity contribution in [2.45, 2.75) is 25.8 Å². The van der Waals surface area contributed by atoms with E-state index in [0.717, 1.165) is 6.07 Å². The maximum atomic E-state index is 11.1. The zero-order valence-corrected chi connectivity index (χ0v) is 11.0. The van der Waals surface area contributed by atoms with Crippen LogP contribution in [-0.4, -0.2) is 27.9 Å². The largest absolute Gasteiger partial charge is 0.478 e. The number of benzene rings is 1. The van der Waals surface area contributed by atoms with Crippen molar-refractivity contribution in [2.24, 2.45) is 4.99 Å². The van der Waals surface area contributed by atoms with E-state index in [1.54, 1.807) is 0 Å². The Morgan fingerprint density at radius 3 is 2.50 bits per heavy atom. The maximum Gasteiger partial charge on any atom is 0.349 e. The fourth-order valence-electron chi connectivity index (χ4n) is 1.99. The molecule has 1 aromatic carbocycles. The molecule has 0 saturated heterocycles. The minimum absolute atomic E-state index is 0.0709. The van der Waals surface area contributed by atoms with Gasteiger partial charge in [0, 0.05) is 11.6 Å². The van der Waals surface area contributed by atoms with Gasteiger partial charge in [-0.05, 0) is 13.8 Å². The van der Waals surface area contributed by atoms with Crippen LogP contribution in [0.1, 0.15) is 19.4 Å². The van der Waals surface area contributed by atoms with Crippen LogP contribution in [0, 0.1) is 20.2 Å². The first-order chi connectivity index (χ1) is 9.30. The summed E-state index contributed by atoms with van der Waals surface area (Å²) in [6, 6.07) is 4.01. The summed E-state index contributed by atoms with van der Waals surface area (Å²) >= 11 is 0. The Morgan fingerprint density at radius 2 is 2.00 bits per heavy atom. The fourth-order valence-corrected chi connectivity index (χ4v) is 1.99. The Bertz CT molecular complexity index is 609. The van der Waals surface area contributed by atoms with E-state index >= 15 is 0 Å². The Kier molecular flexibility index (Phi) is 3.39. The van der Waals surface area contributed by atoms with Gasteiger partial charge in [0.05, 0.1) is 21.8 Å². The summed E-state index contributed by atoms with van der Waals surface area (Å²) in [5.41, 5.74) is -1.18. The zero-order chi connectivity index (χ0) is 14.9. The topological polar surface area (TPSA) is 108 Å². The quantitative estimate of drug-likeness (QED) is 0.620. The second kappa shape index (κ2) is 4.87. The van der Waals surface area contributed by atoms with E-state index in [1.807, 2.05) is 13.8 Å². The molecule has 2 rings (SSSR count). The third-order valence-corrected chi connectivity index (χ3v) is 2.84. The number of rotatable bonds is 4. The highest BCUT2D eigenvalue weighted by Gasteiger charge is 2.31. The zero-order valence-electron chi connectivity index (χ0n) is 11.0. The van der Waals surface area contributed by atoms with Gasteiger partial charge < -0.3 is 4.74 Å². The highest BCUT2D eigenvalue weighted by molar-refractivity contribution is 5.82. The van der Waals surface area contributed by atoms with Gasteiger partial charge in [-0.2, -0.15) is 0 Å². The molecule has 1 aliphatic heterocycles. The van der Waals surface area contributed by atoms with Gasteiger partial charge in [-0.25, -0.2) is 4.99 Å². The van der Waals surface area contributed by atoms with Crippen molar-refractivity contribution < 1.29 is 14.6 Å². The first kappa shape index (κ1) is 13.9. The monoisotopic (exact) mass is 279 g/mol. The van der Waals surface area contributed by atoms with Crippen LogP contribution in [0.25, 0.3) is 0 Å². The minimum Gasteiger partial charge on any atom is -0.478 e. The SMILES string of the molecule is CC1(C)COC(Cc2cccc([N+](=O)[O-])c2[N+](=O)[O-])=N1. The second-order valence-electron chi connectivity index (χ2n) is 5.08. The van der Waals surface area contributed by atoms with Crippen LogP contribution in [0.4, 0.5) is 11.4 Å². The van der Waals surface area contributed by atoms with Gasteiger partial charge in [0.1, 0.15) is 6.61 Å². The highest BCUT2D eigenvalue weighted by atomic mass is 16.6. The molecule has 0 unspecified atom stereocenters. The van der Waals surface area contributed by atoms with Gasteiger partial charge >= 0.3 is 11.4 Å². The van der Waals surface area contributed by atoms with Crippen LogP contribution < -0.4 is 0 Å². The van der Waals surface area contributed by atoms with Gasteiger partial charge in [-0.15, -0.1) is 0 Å². The molecule has 1 heterocycles. The van der Waals surface area contributed by atoms with Crippen LogP contribution in [0.15, 0.2) is 23.2 Å². The lowest BCUT2D eigenvalue weighted by molar-refractivity contribution is -0.422. The summed E-state index contributed by atoms with van der Waals surface area (Å²) < 4.78 is 5.36. The van der Waals surface area contributed by atoms with Gasteiger partial charge in [-0.3, -0.25) is 20.2 Å². The van der Waals surface area contributed by atoms with Gasteiger partial charge in [-0.1, -0.05) is 12.1 Å². The molecule has 0 saturated carbocycles. The summed E-state index contributed by atoms with van der Waals surface area (Å²) in [4.78, 5) is 24.7. The first-order valence-corrected chi connectivity index (χ1v) is 5.92. The van der Waals surface area contributed by atoms with Crippen LogP contribution in [0.3, 0.4) is 0 Å². The summed E-state index contributed by atoms with van der Waals surface area (Å²) in [5, 5.41) is 21.9. The van der Waals surface area contributed by atoms with Crippen molar-refractivity contribution in [1.82, 2.24) is 0 Å².